The molecule has 0 radical (unpaired) electrons. The van der Waals surface area contributed by atoms with E-state index >= 15 is 0 Å². The van der Waals surface area contributed by atoms with Crippen LogP contribution < -0.4 is 5.32 Å². The first-order valence-corrected chi connectivity index (χ1v) is 3.88. The molecule has 0 spiro atoms. The number of aliphatic imine (C=N–C) groups is 1. The van der Waals surface area contributed by atoms with Gasteiger partial charge in [-0.05, 0) is 12.8 Å². The third-order valence-electron chi connectivity index (χ3n) is 2.27. The lowest BCUT2D eigenvalue weighted by Crippen LogP contribution is -2.37. The maximum atomic E-state index is 8.38. The molecule has 4 nitrogen and oxygen atoms in total. The van der Waals surface area contributed by atoms with Crippen LogP contribution >= 0.6 is 0 Å². The summed E-state index contributed by atoms with van der Waals surface area (Å²) in [5, 5.41) is 11.0. The fraction of sp³-hybridized carbons (Fsp3) is 0.714. The molecular weight excluding hydrogens is 140 g/mol. The van der Waals surface area contributed by atoms with Crippen LogP contribution in [-0.2, 0) is 0 Å². The van der Waals surface area contributed by atoms with E-state index in [2.05, 4.69) is 15.2 Å². The van der Waals surface area contributed by atoms with E-state index in [4.69, 9.17) is 5.26 Å². The molecule has 0 saturated carbocycles. The van der Waals surface area contributed by atoms with Crippen LogP contribution in [0.4, 0.5) is 0 Å². The number of fused-ring (bicyclic) bond motifs is 1. The summed E-state index contributed by atoms with van der Waals surface area (Å²) < 4.78 is 0. The topological polar surface area (TPSA) is 51.4 Å². The van der Waals surface area contributed by atoms with Crippen molar-refractivity contribution in [2.45, 2.75) is 18.9 Å². The molecule has 2 rings (SSSR count). The molecule has 2 aliphatic heterocycles. The SMILES string of the molecule is N#CNC1=NCC2CCCN12. The Labute approximate surface area is 65.5 Å². The van der Waals surface area contributed by atoms with Crippen LogP contribution in [0.5, 0.6) is 0 Å². The summed E-state index contributed by atoms with van der Waals surface area (Å²) in [7, 11) is 0. The van der Waals surface area contributed by atoms with Crippen molar-refractivity contribution >= 4 is 5.96 Å². The minimum atomic E-state index is 0.575. The molecule has 1 N–H and O–H groups in total. The standard InChI is InChI=1S/C7H10N4/c8-5-10-7-9-4-6-2-1-3-11(6)7/h6H,1-4H2,(H,9,10). The largest absolute Gasteiger partial charge is 0.337 e. The Bertz CT molecular complexity index is 227. The number of guanidine groups is 1. The van der Waals surface area contributed by atoms with Crippen LogP contribution in [-0.4, -0.2) is 30.0 Å². The lowest BCUT2D eigenvalue weighted by molar-refractivity contribution is 0.423. The number of rotatable bonds is 0. The van der Waals surface area contributed by atoms with Gasteiger partial charge in [-0.15, -0.1) is 0 Å². The van der Waals surface area contributed by atoms with Crippen molar-refractivity contribution in [3.8, 4) is 6.19 Å². The first-order valence-electron chi connectivity index (χ1n) is 3.88. The van der Waals surface area contributed by atoms with E-state index in [9.17, 15) is 0 Å². The van der Waals surface area contributed by atoms with Crippen molar-refractivity contribution < 1.29 is 0 Å². The first kappa shape index (κ1) is 6.47. The van der Waals surface area contributed by atoms with Gasteiger partial charge in [0.15, 0.2) is 6.19 Å². The van der Waals surface area contributed by atoms with Crippen LogP contribution in [0.1, 0.15) is 12.8 Å². The molecule has 11 heavy (non-hydrogen) atoms. The molecule has 4 heteroatoms. The van der Waals surface area contributed by atoms with Crippen LogP contribution in [0.2, 0.25) is 0 Å². The van der Waals surface area contributed by atoms with Gasteiger partial charge in [-0.3, -0.25) is 10.3 Å². The summed E-state index contributed by atoms with van der Waals surface area (Å²) in [4.78, 5) is 6.40. The third-order valence-corrected chi connectivity index (χ3v) is 2.27. The molecule has 1 fully saturated rings. The summed E-state index contributed by atoms with van der Waals surface area (Å²) in [5.74, 6) is 0.773. The van der Waals surface area contributed by atoms with Crippen molar-refractivity contribution in [2.75, 3.05) is 13.1 Å². The molecule has 0 aromatic carbocycles. The van der Waals surface area contributed by atoms with Crippen molar-refractivity contribution in [3.63, 3.8) is 0 Å². The van der Waals surface area contributed by atoms with Gasteiger partial charge >= 0.3 is 0 Å². The molecule has 0 aliphatic carbocycles. The molecule has 1 atom stereocenters. The molecule has 58 valence electrons. The van der Waals surface area contributed by atoms with Crippen LogP contribution in [0.25, 0.3) is 0 Å². The smallest absolute Gasteiger partial charge is 0.207 e. The van der Waals surface area contributed by atoms with E-state index in [0.29, 0.717) is 6.04 Å². The number of hydrogen-bond donors (Lipinski definition) is 1. The van der Waals surface area contributed by atoms with Gasteiger partial charge in [-0.25, -0.2) is 0 Å². The molecule has 1 unspecified atom stereocenters. The molecule has 0 aromatic rings. The molecule has 1 saturated heterocycles. The van der Waals surface area contributed by atoms with Crippen LogP contribution in [0, 0.1) is 11.5 Å². The lowest BCUT2D eigenvalue weighted by Gasteiger charge is -2.17. The summed E-state index contributed by atoms with van der Waals surface area (Å²) >= 11 is 0. The lowest BCUT2D eigenvalue weighted by atomic mass is 10.2. The Hall–Kier alpha value is -1.24. The highest BCUT2D eigenvalue weighted by Crippen LogP contribution is 2.21. The van der Waals surface area contributed by atoms with E-state index in [1.165, 1.54) is 12.8 Å². The van der Waals surface area contributed by atoms with Gasteiger partial charge in [0.2, 0.25) is 5.96 Å². The monoisotopic (exact) mass is 150 g/mol. The Morgan fingerprint density at radius 3 is 3.45 bits per heavy atom. The highest BCUT2D eigenvalue weighted by molar-refractivity contribution is 5.83. The third kappa shape index (κ3) is 0.929. The molecule has 0 amide bonds. The molecule has 2 aliphatic rings. The highest BCUT2D eigenvalue weighted by atomic mass is 15.4. The van der Waals surface area contributed by atoms with Crippen molar-refractivity contribution in [2.24, 2.45) is 4.99 Å². The maximum Gasteiger partial charge on any atom is 0.207 e. The van der Waals surface area contributed by atoms with Crippen LogP contribution in [0.15, 0.2) is 4.99 Å². The van der Waals surface area contributed by atoms with Gasteiger partial charge in [0.1, 0.15) is 0 Å². The van der Waals surface area contributed by atoms with E-state index in [-0.39, 0.29) is 0 Å². The number of hydrogen-bond acceptors (Lipinski definition) is 4. The van der Waals surface area contributed by atoms with Crippen molar-refractivity contribution in [1.29, 1.82) is 5.26 Å². The Morgan fingerprint density at radius 2 is 2.64 bits per heavy atom. The zero-order valence-electron chi connectivity index (χ0n) is 6.25. The summed E-state index contributed by atoms with van der Waals surface area (Å²) in [6.45, 7) is 1.92. The van der Waals surface area contributed by atoms with Crippen molar-refractivity contribution in [3.05, 3.63) is 0 Å². The van der Waals surface area contributed by atoms with E-state index in [1.54, 1.807) is 0 Å². The van der Waals surface area contributed by atoms with Gasteiger partial charge in [0.05, 0.1) is 12.6 Å². The van der Waals surface area contributed by atoms with Crippen LogP contribution in [0.3, 0.4) is 0 Å². The second kappa shape index (κ2) is 2.42. The number of nitrogens with one attached hydrogen (secondary N) is 1. The summed E-state index contributed by atoms with van der Waals surface area (Å²) in [5.41, 5.74) is 0. The Morgan fingerprint density at radius 1 is 1.73 bits per heavy atom. The fourth-order valence-electron chi connectivity index (χ4n) is 1.75. The number of nitrogens with zero attached hydrogens (tertiary/aromatic N) is 3. The van der Waals surface area contributed by atoms with Gasteiger partial charge in [0, 0.05) is 6.54 Å². The minimum Gasteiger partial charge on any atom is -0.337 e. The Balaban J connectivity index is 2.07. The second-order valence-corrected chi connectivity index (χ2v) is 2.89. The maximum absolute atomic E-state index is 8.38. The van der Waals surface area contributed by atoms with E-state index in [0.717, 1.165) is 19.0 Å². The predicted octanol–water partition coefficient (Wildman–Crippen LogP) is -0.109. The predicted molar refractivity (Wildman–Crippen MR) is 40.8 cm³/mol. The molecular formula is C7H10N4. The minimum absolute atomic E-state index is 0.575. The zero-order chi connectivity index (χ0) is 7.68. The summed E-state index contributed by atoms with van der Waals surface area (Å²) in [6, 6.07) is 0.575. The number of nitriles is 1. The van der Waals surface area contributed by atoms with Gasteiger partial charge in [-0.1, -0.05) is 0 Å². The van der Waals surface area contributed by atoms with Gasteiger partial charge < -0.3 is 4.90 Å². The normalized spacial score (nSPS) is 27.7. The quantitative estimate of drug-likeness (QED) is 0.387. The average Bonchev–Trinajstić information content (AvgIpc) is 2.53. The fourth-order valence-corrected chi connectivity index (χ4v) is 1.75. The van der Waals surface area contributed by atoms with E-state index in [1.807, 2.05) is 6.19 Å². The Kier molecular flexibility index (Phi) is 1.42. The molecule has 0 bridgehead atoms. The van der Waals surface area contributed by atoms with E-state index < -0.39 is 0 Å². The summed E-state index contributed by atoms with van der Waals surface area (Å²) in [6.07, 6.45) is 4.36. The van der Waals surface area contributed by atoms with Gasteiger partial charge in [-0.2, -0.15) is 5.26 Å². The van der Waals surface area contributed by atoms with Crippen molar-refractivity contribution in [1.82, 2.24) is 10.2 Å². The second-order valence-electron chi connectivity index (χ2n) is 2.89. The zero-order valence-corrected chi connectivity index (χ0v) is 6.25. The first-order chi connectivity index (χ1) is 5.42. The molecule has 0 aromatic heterocycles. The van der Waals surface area contributed by atoms with Gasteiger partial charge in [0.25, 0.3) is 0 Å². The highest BCUT2D eigenvalue weighted by Gasteiger charge is 2.31. The molecule has 2 heterocycles. The average molecular weight is 150 g/mol.